The number of rotatable bonds is 0. The third-order valence-corrected chi connectivity index (χ3v) is 26.9. The summed E-state index contributed by atoms with van der Waals surface area (Å²) >= 11 is -6.06. The van der Waals surface area contributed by atoms with Gasteiger partial charge in [-0.25, -0.2) is 0 Å². The van der Waals surface area contributed by atoms with E-state index in [1.165, 1.54) is 0 Å². The summed E-state index contributed by atoms with van der Waals surface area (Å²) in [5.41, 5.74) is 0. The van der Waals surface area contributed by atoms with Crippen LogP contribution in [0, 0.1) is 0 Å². The summed E-state index contributed by atoms with van der Waals surface area (Å²) in [4.78, 5) is 0. The van der Waals surface area contributed by atoms with Crippen LogP contribution in [0.15, 0.2) is 0 Å². The minimum atomic E-state index is -1.70. The van der Waals surface area contributed by atoms with Crippen molar-refractivity contribution in [3.63, 3.8) is 0 Å². The van der Waals surface area contributed by atoms with Crippen molar-refractivity contribution >= 4 is 62.0 Å². The van der Waals surface area contributed by atoms with Crippen molar-refractivity contribution in [3.8, 4) is 0 Å². The summed E-state index contributed by atoms with van der Waals surface area (Å²) in [6.07, 6.45) is 0. The van der Waals surface area contributed by atoms with Crippen molar-refractivity contribution in [3.05, 3.63) is 0 Å². The molecule has 0 aromatic rings. The molecule has 0 atom stereocenters. The Labute approximate surface area is 78.9 Å². The first-order chi connectivity index (χ1) is 4.90. The van der Waals surface area contributed by atoms with Gasteiger partial charge in [0.25, 0.3) is 0 Å². The van der Waals surface area contributed by atoms with Gasteiger partial charge in [0.2, 0.25) is 0 Å². The van der Waals surface area contributed by atoms with Gasteiger partial charge in [-0.1, -0.05) is 0 Å². The Bertz CT molecular complexity index is 105. The molecule has 4 fully saturated rings. The van der Waals surface area contributed by atoms with E-state index in [-0.39, 0.29) is 0 Å². The summed E-state index contributed by atoms with van der Waals surface area (Å²) in [6.45, 7) is 0. The molecular formula is CH2As4O5. The van der Waals surface area contributed by atoms with E-state index in [1.807, 2.05) is 0 Å². The zero-order valence-electron chi connectivity index (χ0n) is 4.54. The van der Waals surface area contributed by atoms with Gasteiger partial charge < -0.3 is 0 Å². The van der Waals surface area contributed by atoms with Gasteiger partial charge in [0.05, 0.1) is 0 Å². The van der Waals surface area contributed by atoms with Crippen molar-refractivity contribution in [2.45, 2.75) is 4.00 Å². The third kappa shape index (κ3) is 1.21. The van der Waals surface area contributed by atoms with Crippen LogP contribution in [0.25, 0.3) is 0 Å². The van der Waals surface area contributed by atoms with Crippen LogP contribution in [-0.2, 0) is 13.6 Å². The fourth-order valence-corrected chi connectivity index (χ4v) is 43.3. The van der Waals surface area contributed by atoms with E-state index in [0.29, 0.717) is 0 Å². The first-order valence-electron chi connectivity index (χ1n) is 2.46. The van der Waals surface area contributed by atoms with Crippen LogP contribution in [0.3, 0.4) is 0 Å². The van der Waals surface area contributed by atoms with Crippen LogP contribution in [0.5, 0.6) is 0 Å². The molecule has 4 heterocycles. The topological polar surface area (TPSA) is 46.2 Å². The summed E-state index contributed by atoms with van der Waals surface area (Å²) in [5, 5.41) is 0. The molecule has 0 N–H and O–H groups in total. The monoisotopic (exact) mass is 394 g/mol. The molecule has 0 aliphatic carbocycles. The maximum absolute atomic E-state index is 5.44. The SMILES string of the molecule is C1[As]2O[As]3O[As]1O[As](O2)O3. The van der Waals surface area contributed by atoms with E-state index in [4.69, 9.17) is 13.6 Å². The Morgan fingerprint density at radius 3 is 1.60 bits per heavy atom. The van der Waals surface area contributed by atoms with Gasteiger partial charge in [0.15, 0.2) is 0 Å². The Balaban J connectivity index is 1.90. The molecule has 0 amide bonds. The van der Waals surface area contributed by atoms with Crippen molar-refractivity contribution < 1.29 is 13.6 Å². The van der Waals surface area contributed by atoms with E-state index >= 15 is 0 Å². The normalized spacial score (nSPS) is 57.6. The Kier molecular flexibility index (Phi) is 2.06. The molecule has 4 aliphatic rings. The maximum atomic E-state index is 5.44. The fraction of sp³-hybridized carbons (Fsp3) is 1.00. The fourth-order valence-electron chi connectivity index (χ4n) is 0.669. The van der Waals surface area contributed by atoms with E-state index in [9.17, 15) is 0 Å². The van der Waals surface area contributed by atoms with Gasteiger partial charge in [-0.15, -0.1) is 0 Å². The van der Waals surface area contributed by atoms with E-state index in [1.54, 1.807) is 0 Å². The molecule has 4 aliphatic heterocycles. The van der Waals surface area contributed by atoms with E-state index in [2.05, 4.69) is 0 Å². The van der Waals surface area contributed by atoms with E-state index in [0.717, 1.165) is 4.00 Å². The molecule has 0 radical (unpaired) electrons. The van der Waals surface area contributed by atoms with Crippen LogP contribution >= 0.6 is 0 Å². The zero-order chi connectivity index (χ0) is 6.55. The first kappa shape index (κ1) is 7.44. The summed E-state index contributed by atoms with van der Waals surface area (Å²) < 4.78 is 28.1. The average molecular weight is 394 g/mol. The molecule has 10 heavy (non-hydrogen) atoms. The zero-order valence-corrected chi connectivity index (χ0v) is 12.0. The van der Waals surface area contributed by atoms with Gasteiger partial charge in [-0.3, -0.25) is 0 Å². The molecule has 0 saturated carbocycles. The molecular weight excluding hydrogens is 392 g/mol. The molecule has 4 saturated heterocycles. The molecule has 0 aromatic heterocycles. The van der Waals surface area contributed by atoms with Crippen molar-refractivity contribution in [2.75, 3.05) is 0 Å². The standard InChI is InChI=1S/CH2As4O5/c1-2-6-4-8-3(1)9-5(7-2)10-4/h1H2. The molecule has 0 unspecified atom stereocenters. The summed E-state index contributed by atoms with van der Waals surface area (Å²) in [5.74, 6) is 0. The first-order valence-corrected chi connectivity index (χ1v) is 12.8. The van der Waals surface area contributed by atoms with Crippen LogP contribution in [-0.4, -0.2) is 62.0 Å². The van der Waals surface area contributed by atoms with Crippen LogP contribution < -0.4 is 0 Å². The van der Waals surface area contributed by atoms with Crippen molar-refractivity contribution in [2.24, 2.45) is 0 Å². The second kappa shape index (κ2) is 2.77. The molecule has 4 rings (SSSR count). The van der Waals surface area contributed by atoms with Crippen molar-refractivity contribution in [1.82, 2.24) is 0 Å². The van der Waals surface area contributed by atoms with Gasteiger partial charge in [0.1, 0.15) is 0 Å². The molecule has 4 bridgehead atoms. The minimum absolute atomic E-state index is 1.000. The second-order valence-electron chi connectivity index (χ2n) is 1.66. The van der Waals surface area contributed by atoms with Gasteiger partial charge in [-0.05, 0) is 0 Å². The summed E-state index contributed by atoms with van der Waals surface area (Å²) in [7, 11) is 0. The third-order valence-electron chi connectivity index (χ3n) is 0.995. The Morgan fingerprint density at radius 1 is 0.700 bits per heavy atom. The van der Waals surface area contributed by atoms with Gasteiger partial charge in [0, 0.05) is 0 Å². The quantitative estimate of drug-likeness (QED) is 0.474. The van der Waals surface area contributed by atoms with Crippen LogP contribution in [0.1, 0.15) is 0 Å². The van der Waals surface area contributed by atoms with Crippen molar-refractivity contribution in [1.29, 1.82) is 0 Å². The van der Waals surface area contributed by atoms with Crippen LogP contribution in [0.2, 0.25) is 4.00 Å². The van der Waals surface area contributed by atoms with Crippen LogP contribution in [0.4, 0.5) is 0 Å². The summed E-state index contributed by atoms with van der Waals surface area (Å²) in [6, 6.07) is 0. The molecule has 5 nitrogen and oxygen atoms in total. The number of hydrogen-bond acceptors (Lipinski definition) is 5. The predicted molar refractivity (Wildman–Crippen MR) is 33.2 cm³/mol. The average Bonchev–Trinajstić information content (AvgIpc) is 1.82. The van der Waals surface area contributed by atoms with Gasteiger partial charge in [-0.2, -0.15) is 0 Å². The van der Waals surface area contributed by atoms with E-state index < -0.39 is 62.0 Å². The molecule has 0 spiro atoms. The molecule has 0 aromatic carbocycles. The molecule has 9 heteroatoms. The predicted octanol–water partition coefficient (Wildman–Crippen LogP) is -1.40. The molecule has 56 valence electrons. The Hall–Kier alpha value is 2.03. The number of hydrogen-bond donors (Lipinski definition) is 0. The second-order valence-corrected chi connectivity index (χ2v) is 20.6. The van der Waals surface area contributed by atoms with Gasteiger partial charge >= 0.3 is 79.6 Å². The Morgan fingerprint density at radius 2 is 1.20 bits per heavy atom.